The van der Waals surface area contributed by atoms with Crippen molar-refractivity contribution in [2.24, 2.45) is 13.0 Å². The molecule has 0 aliphatic carbocycles. The first-order valence-electron chi connectivity index (χ1n) is 13.4. The van der Waals surface area contributed by atoms with Crippen LogP contribution in [0.15, 0.2) is 52.3 Å². The van der Waals surface area contributed by atoms with Crippen LogP contribution >= 0.6 is 15.9 Å². The van der Waals surface area contributed by atoms with E-state index in [0.29, 0.717) is 34.7 Å². The number of amides is 1. The van der Waals surface area contributed by atoms with E-state index in [0.717, 1.165) is 17.1 Å². The van der Waals surface area contributed by atoms with E-state index in [1.54, 1.807) is 40.8 Å². The molecule has 5 heterocycles. The lowest BCUT2D eigenvalue weighted by atomic mass is 9.97. The first-order chi connectivity index (χ1) is 19.8. The minimum absolute atomic E-state index is 0.00876. The van der Waals surface area contributed by atoms with Crippen LogP contribution in [0.5, 0.6) is 0 Å². The van der Waals surface area contributed by atoms with E-state index in [4.69, 9.17) is 0 Å². The second-order valence-electron chi connectivity index (χ2n) is 11.1. The van der Waals surface area contributed by atoms with Crippen LogP contribution in [-0.2, 0) is 32.6 Å². The largest absolute Gasteiger partial charge is 0.417 e. The Hall–Kier alpha value is -4.00. The first-order valence-corrected chi connectivity index (χ1v) is 14.2. The lowest BCUT2D eigenvalue weighted by molar-refractivity contribution is -0.138. The average molecular weight is 642 g/mol. The van der Waals surface area contributed by atoms with Crippen LogP contribution in [0.2, 0.25) is 0 Å². The molecule has 0 fully saturated rings. The van der Waals surface area contributed by atoms with Crippen molar-refractivity contribution in [1.29, 1.82) is 0 Å². The molecule has 0 bridgehead atoms. The monoisotopic (exact) mass is 641 g/mol. The molecule has 5 aromatic rings. The topological polar surface area (TPSA) is 90.3 Å². The number of rotatable bonds is 4. The van der Waals surface area contributed by atoms with E-state index >= 15 is 0 Å². The molecule has 0 spiro atoms. The van der Waals surface area contributed by atoms with Gasteiger partial charge in [0, 0.05) is 40.3 Å². The SMILES string of the molecule is CC(C)Cc1cnn2c3c(c(=O)n(-c4cc5ncn(C)c5cn4)c12)CC(C)N(C(=O)c1ccc(Br)c(C(F)(F)F)c1)C3. The number of carbonyl (C=O) groups is 1. The predicted molar refractivity (Wildman–Crippen MR) is 154 cm³/mol. The van der Waals surface area contributed by atoms with Crippen molar-refractivity contribution in [1.82, 2.24) is 33.6 Å². The molecule has 1 unspecified atom stereocenters. The summed E-state index contributed by atoms with van der Waals surface area (Å²) >= 11 is 2.94. The van der Waals surface area contributed by atoms with Crippen molar-refractivity contribution in [2.45, 2.75) is 52.4 Å². The van der Waals surface area contributed by atoms with Gasteiger partial charge in [-0.1, -0.05) is 29.8 Å². The Labute approximate surface area is 246 Å². The zero-order valence-corrected chi connectivity index (χ0v) is 24.9. The summed E-state index contributed by atoms with van der Waals surface area (Å²) in [5.74, 6) is 0.118. The number of halogens is 4. The fourth-order valence-corrected chi connectivity index (χ4v) is 6.10. The third-order valence-electron chi connectivity index (χ3n) is 7.68. The molecular formula is C29H27BrF3N7O2. The van der Waals surface area contributed by atoms with Gasteiger partial charge in [0.15, 0.2) is 0 Å². The number of pyridine rings is 1. The summed E-state index contributed by atoms with van der Waals surface area (Å²) in [6.45, 7) is 5.93. The van der Waals surface area contributed by atoms with E-state index in [-0.39, 0.29) is 34.5 Å². The van der Waals surface area contributed by atoms with Crippen LogP contribution in [-0.4, -0.2) is 45.6 Å². The third kappa shape index (κ3) is 4.59. The van der Waals surface area contributed by atoms with Gasteiger partial charge < -0.3 is 9.47 Å². The Bertz CT molecular complexity index is 1940. The standard InChI is InChI=1S/C29H27BrF3N7O2/c1-15(2)7-18-11-36-40-24-13-38(27(41)17-5-6-21(30)20(9-17)29(31,32)33)16(3)8-19(24)28(42)39(26(18)40)25-10-22-23(12-34-25)37(4)14-35-22/h5-6,9-12,14-16H,7-8,13H2,1-4H3. The molecule has 0 N–H and O–H groups in total. The predicted octanol–water partition coefficient (Wildman–Crippen LogP) is 5.33. The van der Waals surface area contributed by atoms with Gasteiger partial charge in [-0.3, -0.25) is 9.59 Å². The lowest BCUT2D eigenvalue weighted by Crippen LogP contribution is -2.46. The Morgan fingerprint density at radius 3 is 2.64 bits per heavy atom. The van der Waals surface area contributed by atoms with Crippen molar-refractivity contribution < 1.29 is 18.0 Å². The molecule has 1 atom stereocenters. The number of alkyl halides is 3. The molecule has 1 amide bonds. The number of imidazole rings is 1. The van der Waals surface area contributed by atoms with E-state index in [2.05, 4.69) is 44.8 Å². The highest BCUT2D eigenvalue weighted by molar-refractivity contribution is 9.10. The fraction of sp³-hybridized carbons (Fsp3) is 0.345. The zero-order chi connectivity index (χ0) is 30.1. The molecule has 0 saturated carbocycles. The maximum atomic E-state index is 14.2. The van der Waals surface area contributed by atoms with Crippen LogP contribution < -0.4 is 5.56 Å². The van der Waals surface area contributed by atoms with Crippen molar-refractivity contribution in [3.63, 3.8) is 0 Å². The molecule has 9 nitrogen and oxygen atoms in total. The summed E-state index contributed by atoms with van der Waals surface area (Å²) in [6.07, 6.45) is 1.30. The van der Waals surface area contributed by atoms with Crippen molar-refractivity contribution in [3.05, 3.63) is 85.8 Å². The van der Waals surface area contributed by atoms with E-state index in [1.807, 2.05) is 11.6 Å². The molecular weight excluding hydrogens is 615 g/mol. The van der Waals surface area contributed by atoms with Gasteiger partial charge in [-0.15, -0.1) is 0 Å². The minimum Gasteiger partial charge on any atom is -0.332 e. The Morgan fingerprint density at radius 2 is 1.93 bits per heavy atom. The number of fused-ring (bicyclic) bond motifs is 4. The second kappa shape index (κ2) is 10.1. The number of hydrogen-bond donors (Lipinski definition) is 0. The number of carbonyl (C=O) groups excluding carboxylic acids is 1. The van der Waals surface area contributed by atoms with Crippen molar-refractivity contribution >= 4 is 38.5 Å². The Kier molecular flexibility index (Phi) is 6.75. The molecule has 4 aromatic heterocycles. The fourth-order valence-electron chi connectivity index (χ4n) is 5.63. The molecule has 1 aliphatic heterocycles. The highest BCUT2D eigenvalue weighted by Crippen LogP contribution is 2.36. The van der Waals surface area contributed by atoms with E-state index in [1.165, 1.54) is 17.0 Å². The van der Waals surface area contributed by atoms with Gasteiger partial charge in [-0.05, 0) is 43.9 Å². The number of nitrogens with zero attached hydrogens (tertiary/aromatic N) is 7. The van der Waals surface area contributed by atoms with Crippen LogP contribution in [0, 0.1) is 5.92 Å². The number of aryl methyl sites for hydroxylation is 1. The van der Waals surface area contributed by atoms with Crippen LogP contribution in [0.3, 0.4) is 0 Å². The van der Waals surface area contributed by atoms with Gasteiger partial charge >= 0.3 is 6.18 Å². The lowest BCUT2D eigenvalue weighted by Gasteiger charge is -2.35. The number of benzene rings is 1. The van der Waals surface area contributed by atoms with Gasteiger partial charge in [-0.2, -0.15) is 18.3 Å². The Balaban J connectivity index is 1.50. The van der Waals surface area contributed by atoms with E-state index in [9.17, 15) is 22.8 Å². The molecule has 1 aromatic carbocycles. The quantitative estimate of drug-likeness (QED) is 0.264. The molecule has 6 rings (SSSR count). The summed E-state index contributed by atoms with van der Waals surface area (Å²) in [4.78, 5) is 38.4. The summed E-state index contributed by atoms with van der Waals surface area (Å²) in [5, 5.41) is 4.64. The molecule has 42 heavy (non-hydrogen) atoms. The maximum absolute atomic E-state index is 14.2. The van der Waals surface area contributed by atoms with Gasteiger partial charge in [0.2, 0.25) is 0 Å². The summed E-state index contributed by atoms with van der Waals surface area (Å²) in [5.41, 5.74) is 2.62. The Morgan fingerprint density at radius 1 is 1.17 bits per heavy atom. The molecule has 0 radical (unpaired) electrons. The van der Waals surface area contributed by atoms with Gasteiger partial charge in [0.05, 0.1) is 47.6 Å². The number of hydrogen-bond acceptors (Lipinski definition) is 5. The van der Waals surface area contributed by atoms with Gasteiger partial charge in [0.1, 0.15) is 11.5 Å². The van der Waals surface area contributed by atoms with Gasteiger partial charge in [0.25, 0.3) is 11.5 Å². The highest BCUT2D eigenvalue weighted by Gasteiger charge is 2.36. The molecule has 13 heteroatoms. The molecule has 1 aliphatic rings. The summed E-state index contributed by atoms with van der Waals surface area (Å²) < 4.78 is 45.7. The van der Waals surface area contributed by atoms with Crippen molar-refractivity contribution in [2.75, 3.05) is 0 Å². The third-order valence-corrected chi connectivity index (χ3v) is 8.37. The minimum atomic E-state index is -4.62. The smallest absolute Gasteiger partial charge is 0.332 e. The van der Waals surface area contributed by atoms with E-state index < -0.39 is 23.7 Å². The number of aromatic nitrogens is 6. The highest BCUT2D eigenvalue weighted by atomic mass is 79.9. The summed E-state index contributed by atoms with van der Waals surface area (Å²) in [6, 6.07) is 4.76. The van der Waals surface area contributed by atoms with Crippen LogP contribution in [0.25, 0.3) is 22.5 Å². The molecule has 218 valence electrons. The van der Waals surface area contributed by atoms with Crippen LogP contribution in [0.4, 0.5) is 13.2 Å². The first kappa shape index (κ1) is 28.1. The summed E-state index contributed by atoms with van der Waals surface area (Å²) in [7, 11) is 1.87. The van der Waals surface area contributed by atoms with Gasteiger partial charge in [-0.25, -0.2) is 19.1 Å². The van der Waals surface area contributed by atoms with Crippen LogP contribution in [0.1, 0.15) is 53.5 Å². The normalized spacial score (nSPS) is 15.6. The zero-order valence-electron chi connectivity index (χ0n) is 23.3. The molecule has 0 saturated heterocycles. The van der Waals surface area contributed by atoms with Crippen molar-refractivity contribution in [3.8, 4) is 5.82 Å². The average Bonchev–Trinajstić information content (AvgIpc) is 3.50. The maximum Gasteiger partial charge on any atom is 0.417 e. The second-order valence-corrected chi connectivity index (χ2v) is 12.0.